The van der Waals surface area contributed by atoms with Gasteiger partial charge < -0.3 is 15.3 Å². The van der Waals surface area contributed by atoms with Gasteiger partial charge in [0.05, 0.1) is 30.5 Å². The number of rotatable bonds is 3. The Balaban J connectivity index is 1.47. The molecule has 0 bridgehead atoms. The number of aliphatic hydroxyl groups excluding tert-OH is 1. The van der Waals surface area contributed by atoms with Gasteiger partial charge in [-0.25, -0.2) is 18.7 Å². The van der Waals surface area contributed by atoms with Crippen LogP contribution in [0.2, 0.25) is 0 Å². The standard InChI is InChI=1S/C22H20F4N6O2/c23-13-3-4-16(22(24,25)26)15(10-13)18-2-1-7-31(18)19-6-9-32-20(29-19)17(11-27-32)28-21(34)30-8-5-14(33)12-30/h3-6,8-11,14,18,33H,1-2,7,12H2,(H,28,34)/t14-,18+/m0/s1. The van der Waals surface area contributed by atoms with E-state index in [9.17, 15) is 27.5 Å². The lowest BCUT2D eigenvalue weighted by molar-refractivity contribution is -0.138. The Hall–Kier alpha value is -3.67. The predicted octanol–water partition coefficient (Wildman–Crippen LogP) is 3.95. The van der Waals surface area contributed by atoms with E-state index < -0.39 is 35.7 Å². The van der Waals surface area contributed by atoms with Crippen molar-refractivity contribution in [3.8, 4) is 0 Å². The van der Waals surface area contributed by atoms with Crippen molar-refractivity contribution < 1.29 is 27.5 Å². The highest BCUT2D eigenvalue weighted by molar-refractivity contribution is 5.93. The molecular weight excluding hydrogens is 456 g/mol. The molecule has 2 aromatic heterocycles. The fourth-order valence-electron chi connectivity index (χ4n) is 4.40. The Morgan fingerprint density at radius 2 is 2.06 bits per heavy atom. The molecule has 0 radical (unpaired) electrons. The number of halogens is 4. The fraction of sp³-hybridized carbons (Fsp3) is 0.318. The van der Waals surface area contributed by atoms with Crippen molar-refractivity contribution in [3.05, 3.63) is 65.9 Å². The fourth-order valence-corrected chi connectivity index (χ4v) is 4.40. The monoisotopic (exact) mass is 476 g/mol. The normalized spacial score (nSPS) is 20.5. The van der Waals surface area contributed by atoms with E-state index in [4.69, 9.17) is 0 Å². The molecule has 4 heterocycles. The van der Waals surface area contributed by atoms with Crippen LogP contribution >= 0.6 is 0 Å². The molecule has 3 aromatic rings. The molecule has 0 saturated carbocycles. The maximum Gasteiger partial charge on any atom is 0.416 e. The first-order valence-corrected chi connectivity index (χ1v) is 10.6. The lowest BCUT2D eigenvalue weighted by Crippen LogP contribution is -2.31. The zero-order valence-electron chi connectivity index (χ0n) is 17.7. The summed E-state index contributed by atoms with van der Waals surface area (Å²) >= 11 is 0. The molecule has 0 aliphatic carbocycles. The number of hydrogen-bond acceptors (Lipinski definition) is 5. The third-order valence-corrected chi connectivity index (χ3v) is 5.95. The summed E-state index contributed by atoms with van der Waals surface area (Å²) in [5, 5.41) is 16.4. The number of carbonyl (C=O) groups excluding carboxylic acids is 1. The largest absolute Gasteiger partial charge is 0.416 e. The first-order valence-electron chi connectivity index (χ1n) is 10.6. The quantitative estimate of drug-likeness (QED) is 0.560. The van der Waals surface area contributed by atoms with E-state index in [1.807, 2.05) is 0 Å². The second-order valence-electron chi connectivity index (χ2n) is 8.18. The molecule has 12 heteroatoms. The van der Waals surface area contributed by atoms with E-state index in [2.05, 4.69) is 15.4 Å². The molecule has 34 heavy (non-hydrogen) atoms. The minimum Gasteiger partial charge on any atom is -0.387 e. The number of nitrogens with one attached hydrogen (secondary N) is 1. The average Bonchev–Trinajstić information content (AvgIpc) is 3.52. The Morgan fingerprint density at radius 1 is 1.24 bits per heavy atom. The molecule has 0 unspecified atom stereocenters. The third kappa shape index (κ3) is 4.04. The maximum absolute atomic E-state index is 13.9. The van der Waals surface area contributed by atoms with Gasteiger partial charge in [0.15, 0.2) is 5.65 Å². The van der Waals surface area contributed by atoms with Crippen molar-refractivity contribution in [3.63, 3.8) is 0 Å². The van der Waals surface area contributed by atoms with Gasteiger partial charge in [-0.2, -0.15) is 18.3 Å². The number of anilines is 2. The minimum absolute atomic E-state index is 0.119. The molecule has 178 valence electrons. The van der Waals surface area contributed by atoms with Crippen LogP contribution in [0.25, 0.3) is 5.65 Å². The van der Waals surface area contributed by atoms with E-state index in [-0.39, 0.29) is 12.1 Å². The van der Waals surface area contributed by atoms with Crippen LogP contribution in [0, 0.1) is 5.82 Å². The second-order valence-corrected chi connectivity index (χ2v) is 8.18. The molecule has 0 spiro atoms. The van der Waals surface area contributed by atoms with Crippen LogP contribution in [0.1, 0.15) is 30.0 Å². The summed E-state index contributed by atoms with van der Waals surface area (Å²) in [6, 6.07) is 2.95. The first-order chi connectivity index (χ1) is 16.2. The summed E-state index contributed by atoms with van der Waals surface area (Å²) in [5.74, 6) is -0.347. The lowest BCUT2D eigenvalue weighted by atomic mass is 9.97. The minimum atomic E-state index is -4.62. The van der Waals surface area contributed by atoms with Gasteiger partial charge in [-0.1, -0.05) is 0 Å². The molecule has 1 fully saturated rings. The predicted molar refractivity (Wildman–Crippen MR) is 115 cm³/mol. The third-order valence-electron chi connectivity index (χ3n) is 5.95. The Labute approximate surface area is 191 Å². The van der Waals surface area contributed by atoms with E-state index in [0.717, 1.165) is 18.2 Å². The molecule has 1 aromatic carbocycles. The van der Waals surface area contributed by atoms with Gasteiger partial charge in [-0.05, 0) is 48.7 Å². The van der Waals surface area contributed by atoms with Gasteiger partial charge in [0.2, 0.25) is 0 Å². The van der Waals surface area contributed by atoms with Crippen LogP contribution in [0.15, 0.2) is 48.9 Å². The van der Waals surface area contributed by atoms with Crippen molar-refractivity contribution >= 4 is 23.2 Å². The van der Waals surface area contributed by atoms with Crippen molar-refractivity contribution in [2.24, 2.45) is 0 Å². The number of amides is 2. The van der Waals surface area contributed by atoms with Crippen LogP contribution in [-0.2, 0) is 6.18 Å². The summed E-state index contributed by atoms with van der Waals surface area (Å²) < 4.78 is 56.2. The second kappa shape index (κ2) is 8.28. The van der Waals surface area contributed by atoms with Gasteiger partial charge in [0.1, 0.15) is 17.3 Å². The number of aromatic nitrogens is 3. The van der Waals surface area contributed by atoms with Crippen LogP contribution < -0.4 is 10.2 Å². The molecule has 2 N–H and O–H groups in total. The zero-order valence-corrected chi connectivity index (χ0v) is 17.7. The summed E-state index contributed by atoms with van der Waals surface area (Å²) in [4.78, 5) is 20.0. The molecular formula is C22H20F4N6O2. The number of urea groups is 1. The number of nitrogens with zero attached hydrogens (tertiary/aromatic N) is 5. The van der Waals surface area contributed by atoms with Crippen molar-refractivity contribution in [2.75, 3.05) is 23.3 Å². The Morgan fingerprint density at radius 3 is 2.79 bits per heavy atom. The van der Waals surface area contributed by atoms with Gasteiger partial charge in [-0.3, -0.25) is 4.90 Å². The molecule has 2 aliphatic heterocycles. The average molecular weight is 476 g/mol. The number of benzene rings is 1. The maximum atomic E-state index is 13.9. The van der Waals surface area contributed by atoms with E-state index in [1.54, 1.807) is 17.2 Å². The first kappa shape index (κ1) is 22.1. The van der Waals surface area contributed by atoms with Gasteiger partial charge in [0.25, 0.3) is 0 Å². The highest BCUT2D eigenvalue weighted by Crippen LogP contribution is 2.42. The Bertz CT molecular complexity index is 1270. The zero-order chi connectivity index (χ0) is 24.0. The van der Waals surface area contributed by atoms with Gasteiger partial charge >= 0.3 is 12.2 Å². The smallest absolute Gasteiger partial charge is 0.387 e. The molecule has 5 rings (SSSR count). The number of aliphatic hydroxyl groups is 1. The number of β-amino-alcohol motifs (C(OH)–C–C–N with tert-alkyl or cyclic N) is 1. The summed E-state index contributed by atoms with van der Waals surface area (Å²) in [5.41, 5.74) is -0.396. The lowest BCUT2D eigenvalue weighted by Gasteiger charge is -2.28. The summed E-state index contributed by atoms with van der Waals surface area (Å²) in [6.07, 6.45) is 1.63. The molecule has 8 nitrogen and oxygen atoms in total. The molecule has 2 aliphatic rings. The topological polar surface area (TPSA) is 86.0 Å². The highest BCUT2D eigenvalue weighted by atomic mass is 19.4. The van der Waals surface area contributed by atoms with Crippen LogP contribution in [0.3, 0.4) is 0 Å². The Kier molecular flexibility index (Phi) is 5.39. The SMILES string of the molecule is O=C(Nc1cnn2ccc(N3CCC[C@@H]3c3cc(F)ccc3C(F)(F)F)nc12)N1C=C[C@H](O)C1. The van der Waals surface area contributed by atoms with Gasteiger partial charge in [0, 0.05) is 18.9 Å². The molecule has 1 saturated heterocycles. The number of carbonyl (C=O) groups is 1. The van der Waals surface area contributed by atoms with Gasteiger partial charge in [-0.15, -0.1) is 0 Å². The van der Waals surface area contributed by atoms with E-state index in [1.165, 1.54) is 27.9 Å². The van der Waals surface area contributed by atoms with Crippen LogP contribution in [-0.4, -0.2) is 49.8 Å². The summed E-state index contributed by atoms with van der Waals surface area (Å²) in [6.45, 7) is 0.558. The number of alkyl halides is 3. The van der Waals surface area contributed by atoms with Crippen molar-refractivity contribution in [1.29, 1.82) is 0 Å². The highest BCUT2D eigenvalue weighted by Gasteiger charge is 2.38. The molecule has 2 amide bonds. The molecule has 2 atom stereocenters. The van der Waals surface area contributed by atoms with Crippen molar-refractivity contribution in [2.45, 2.75) is 31.2 Å². The number of fused-ring (bicyclic) bond motifs is 1. The van der Waals surface area contributed by atoms with Crippen LogP contribution in [0.5, 0.6) is 0 Å². The van der Waals surface area contributed by atoms with Crippen LogP contribution in [0.4, 0.5) is 33.9 Å². The summed E-state index contributed by atoms with van der Waals surface area (Å²) in [7, 11) is 0. The van der Waals surface area contributed by atoms with Crippen molar-refractivity contribution in [1.82, 2.24) is 19.5 Å². The van der Waals surface area contributed by atoms with E-state index in [0.29, 0.717) is 36.5 Å². The number of hydrogen-bond donors (Lipinski definition) is 2. The van der Waals surface area contributed by atoms with E-state index >= 15 is 0 Å².